The second kappa shape index (κ2) is 6.62. The Morgan fingerprint density at radius 2 is 2.10 bits per heavy atom. The molecule has 1 heterocycles. The molecular formula is C13H14N4O4. The number of rotatable bonds is 6. The van der Waals surface area contributed by atoms with Crippen LogP contribution in [0.25, 0.3) is 0 Å². The molecule has 0 spiro atoms. The number of ether oxygens (including phenoxy) is 1. The average Bonchev–Trinajstić information content (AvgIpc) is 2.52. The lowest BCUT2D eigenvalue weighted by Crippen LogP contribution is -2.17. The van der Waals surface area contributed by atoms with Gasteiger partial charge >= 0.3 is 5.69 Å². The third-order valence-electron chi connectivity index (χ3n) is 2.86. The van der Waals surface area contributed by atoms with E-state index in [1.54, 1.807) is 12.1 Å². The standard InChI is InChI=1S/C13H14N4O4/c1-21-13-11(17(19)20)12(14-8-15-13)16-10(7-18)9-5-3-2-4-6-9/h2-6,8,10,18H,7H2,1H3,(H,14,15,16). The molecule has 0 aliphatic carbocycles. The smallest absolute Gasteiger partial charge is 0.372 e. The normalized spacial score (nSPS) is 11.7. The minimum absolute atomic E-state index is 0.00486. The average molecular weight is 290 g/mol. The molecule has 0 saturated heterocycles. The molecule has 1 unspecified atom stereocenters. The molecule has 8 heteroatoms. The zero-order chi connectivity index (χ0) is 15.2. The SMILES string of the molecule is COc1ncnc(NC(CO)c2ccccc2)c1[N+](=O)[O-]. The van der Waals surface area contributed by atoms with Crippen molar-refractivity contribution in [1.29, 1.82) is 0 Å². The number of methoxy groups -OCH3 is 1. The van der Waals surface area contributed by atoms with E-state index in [0.717, 1.165) is 11.9 Å². The number of aromatic nitrogens is 2. The molecule has 0 saturated carbocycles. The predicted molar refractivity (Wildman–Crippen MR) is 75.1 cm³/mol. The first-order chi connectivity index (χ1) is 10.2. The summed E-state index contributed by atoms with van der Waals surface area (Å²) >= 11 is 0. The Labute approximate surface area is 120 Å². The molecule has 21 heavy (non-hydrogen) atoms. The highest BCUT2D eigenvalue weighted by atomic mass is 16.6. The fourth-order valence-electron chi connectivity index (χ4n) is 1.87. The van der Waals surface area contributed by atoms with Gasteiger partial charge in [-0.25, -0.2) is 4.98 Å². The molecule has 1 aromatic heterocycles. The molecule has 0 fully saturated rings. The van der Waals surface area contributed by atoms with E-state index in [4.69, 9.17) is 4.74 Å². The molecule has 110 valence electrons. The van der Waals surface area contributed by atoms with Crippen LogP contribution in [0.2, 0.25) is 0 Å². The summed E-state index contributed by atoms with van der Waals surface area (Å²) in [6, 6.07) is 8.55. The summed E-state index contributed by atoms with van der Waals surface area (Å²) in [5.41, 5.74) is 0.418. The van der Waals surface area contributed by atoms with Crippen LogP contribution >= 0.6 is 0 Å². The van der Waals surface area contributed by atoms with Crippen molar-refractivity contribution in [3.8, 4) is 5.88 Å². The first kappa shape index (κ1) is 14.7. The van der Waals surface area contributed by atoms with Gasteiger partial charge in [0, 0.05) is 0 Å². The maximum absolute atomic E-state index is 11.2. The summed E-state index contributed by atoms with van der Waals surface area (Å²) in [5, 5.41) is 23.5. The second-order valence-corrected chi connectivity index (χ2v) is 4.13. The van der Waals surface area contributed by atoms with Gasteiger partial charge in [0.05, 0.1) is 24.7 Å². The Morgan fingerprint density at radius 3 is 2.67 bits per heavy atom. The fourth-order valence-corrected chi connectivity index (χ4v) is 1.87. The molecule has 0 amide bonds. The molecule has 0 aliphatic heterocycles. The van der Waals surface area contributed by atoms with Crippen molar-refractivity contribution in [2.45, 2.75) is 6.04 Å². The summed E-state index contributed by atoms with van der Waals surface area (Å²) in [6.45, 7) is -0.243. The highest BCUT2D eigenvalue weighted by molar-refractivity contribution is 5.61. The van der Waals surface area contributed by atoms with Crippen LogP contribution in [0.4, 0.5) is 11.5 Å². The lowest BCUT2D eigenvalue weighted by Gasteiger charge is -2.17. The molecule has 0 aliphatic rings. The van der Waals surface area contributed by atoms with Crippen LogP contribution in [0.5, 0.6) is 5.88 Å². The van der Waals surface area contributed by atoms with Gasteiger partial charge in [-0.3, -0.25) is 10.1 Å². The molecule has 8 nitrogen and oxygen atoms in total. The fraction of sp³-hybridized carbons (Fsp3) is 0.231. The third-order valence-corrected chi connectivity index (χ3v) is 2.86. The maximum atomic E-state index is 11.2. The number of aliphatic hydroxyl groups is 1. The van der Waals surface area contributed by atoms with E-state index in [9.17, 15) is 15.2 Å². The highest BCUT2D eigenvalue weighted by Crippen LogP contribution is 2.32. The van der Waals surface area contributed by atoms with Gasteiger partial charge in [0.1, 0.15) is 6.33 Å². The number of hydrogen-bond donors (Lipinski definition) is 2. The van der Waals surface area contributed by atoms with Gasteiger partial charge in [0.25, 0.3) is 5.88 Å². The van der Waals surface area contributed by atoms with Gasteiger partial charge in [-0.1, -0.05) is 30.3 Å². The number of hydrogen-bond acceptors (Lipinski definition) is 7. The summed E-state index contributed by atoms with van der Waals surface area (Å²) in [5.74, 6) is -0.142. The molecule has 0 bridgehead atoms. The van der Waals surface area contributed by atoms with Gasteiger partial charge in [-0.2, -0.15) is 4.98 Å². The number of nitrogens with one attached hydrogen (secondary N) is 1. The lowest BCUT2D eigenvalue weighted by molar-refractivity contribution is -0.385. The third kappa shape index (κ3) is 3.23. The van der Waals surface area contributed by atoms with E-state index in [1.807, 2.05) is 18.2 Å². The Morgan fingerprint density at radius 1 is 1.38 bits per heavy atom. The zero-order valence-electron chi connectivity index (χ0n) is 11.3. The van der Waals surface area contributed by atoms with Crippen molar-refractivity contribution >= 4 is 11.5 Å². The van der Waals surface area contributed by atoms with E-state index < -0.39 is 11.0 Å². The Hall–Kier alpha value is -2.74. The van der Waals surface area contributed by atoms with Crippen molar-refractivity contribution in [1.82, 2.24) is 9.97 Å². The quantitative estimate of drug-likeness (QED) is 0.613. The van der Waals surface area contributed by atoms with Crippen LogP contribution in [0.1, 0.15) is 11.6 Å². The second-order valence-electron chi connectivity index (χ2n) is 4.13. The van der Waals surface area contributed by atoms with Crippen molar-refractivity contribution in [2.24, 2.45) is 0 Å². The molecular weight excluding hydrogens is 276 g/mol. The minimum atomic E-state index is -0.624. The first-order valence-corrected chi connectivity index (χ1v) is 6.13. The topological polar surface area (TPSA) is 110 Å². The van der Waals surface area contributed by atoms with Crippen molar-refractivity contribution < 1.29 is 14.8 Å². The van der Waals surface area contributed by atoms with Gasteiger partial charge < -0.3 is 15.2 Å². The van der Waals surface area contributed by atoms with E-state index in [1.165, 1.54) is 7.11 Å². The van der Waals surface area contributed by atoms with Crippen LogP contribution in [0, 0.1) is 10.1 Å². The van der Waals surface area contributed by atoms with Gasteiger partial charge in [0.2, 0.25) is 5.82 Å². The summed E-state index contributed by atoms with van der Waals surface area (Å²) in [6.07, 6.45) is 1.16. The summed E-state index contributed by atoms with van der Waals surface area (Å²) < 4.78 is 4.87. The lowest BCUT2D eigenvalue weighted by atomic mass is 10.1. The monoisotopic (exact) mass is 290 g/mol. The summed E-state index contributed by atoms with van der Waals surface area (Å²) in [4.78, 5) is 18.1. The molecule has 1 atom stereocenters. The Balaban J connectivity index is 2.36. The van der Waals surface area contributed by atoms with Crippen molar-refractivity contribution in [2.75, 3.05) is 19.0 Å². The van der Waals surface area contributed by atoms with Crippen LogP contribution in [-0.2, 0) is 0 Å². The largest absolute Gasteiger partial charge is 0.476 e. The Kier molecular flexibility index (Phi) is 4.62. The molecule has 2 aromatic rings. The molecule has 0 radical (unpaired) electrons. The van der Waals surface area contributed by atoms with Crippen LogP contribution in [-0.4, -0.2) is 33.7 Å². The predicted octanol–water partition coefficient (Wildman–Crippen LogP) is 1.54. The summed E-state index contributed by atoms with van der Waals surface area (Å²) in [7, 11) is 1.29. The van der Waals surface area contributed by atoms with Gasteiger partial charge in [-0.15, -0.1) is 0 Å². The highest BCUT2D eigenvalue weighted by Gasteiger charge is 2.25. The zero-order valence-corrected chi connectivity index (χ0v) is 11.3. The van der Waals surface area contributed by atoms with Crippen LogP contribution < -0.4 is 10.1 Å². The number of aliphatic hydroxyl groups excluding tert-OH is 1. The Bertz CT molecular complexity index is 621. The van der Waals surface area contributed by atoms with E-state index in [-0.39, 0.29) is 24.0 Å². The van der Waals surface area contributed by atoms with E-state index in [0.29, 0.717) is 0 Å². The first-order valence-electron chi connectivity index (χ1n) is 6.13. The van der Waals surface area contributed by atoms with E-state index >= 15 is 0 Å². The minimum Gasteiger partial charge on any atom is -0.476 e. The number of nitrogens with zero attached hydrogens (tertiary/aromatic N) is 3. The van der Waals surface area contributed by atoms with Gasteiger partial charge in [-0.05, 0) is 5.56 Å². The maximum Gasteiger partial charge on any atom is 0.372 e. The van der Waals surface area contributed by atoms with Crippen molar-refractivity contribution in [3.05, 3.63) is 52.3 Å². The number of nitro groups is 1. The number of anilines is 1. The van der Waals surface area contributed by atoms with Gasteiger partial charge in [0.15, 0.2) is 0 Å². The molecule has 1 aromatic carbocycles. The van der Waals surface area contributed by atoms with Crippen molar-refractivity contribution in [3.63, 3.8) is 0 Å². The molecule has 2 rings (SSSR count). The molecule has 2 N–H and O–H groups in total. The van der Waals surface area contributed by atoms with Crippen LogP contribution in [0.3, 0.4) is 0 Å². The van der Waals surface area contributed by atoms with E-state index in [2.05, 4.69) is 15.3 Å². The van der Waals surface area contributed by atoms with Crippen LogP contribution in [0.15, 0.2) is 36.7 Å². The number of benzene rings is 1.